The molecule has 0 atom stereocenters. The number of nitrogens with one attached hydrogen (secondary N) is 3. The molecule has 86 valence electrons. The molecule has 0 bridgehead atoms. The number of hydrogen-bond donors (Lipinski definition) is 3. The molecular formula is C8H15N3O3S. The minimum atomic E-state index is -0.295. The maximum absolute atomic E-state index is 11.1. The van der Waals surface area contributed by atoms with E-state index in [9.17, 15) is 9.59 Å². The van der Waals surface area contributed by atoms with Crippen molar-refractivity contribution < 1.29 is 14.3 Å². The third-order valence-electron chi connectivity index (χ3n) is 1.28. The van der Waals surface area contributed by atoms with E-state index in [0.717, 1.165) is 0 Å². The highest BCUT2D eigenvalue weighted by Gasteiger charge is 2.02. The van der Waals surface area contributed by atoms with Crippen molar-refractivity contribution in [3.05, 3.63) is 0 Å². The lowest BCUT2D eigenvalue weighted by Gasteiger charge is -2.09. The van der Waals surface area contributed by atoms with Gasteiger partial charge >= 0.3 is 0 Å². The standard InChI is InChI=1S/C8H15N3O3S/c1-3-14-5-4-7(13)10-11-8(15)9-6(2)12/h3-5H2,1-2H3,(H,10,13)(H2,9,11,12,15). The molecule has 15 heavy (non-hydrogen) atoms. The van der Waals surface area contributed by atoms with E-state index in [1.807, 2.05) is 6.92 Å². The Bertz CT molecular complexity index is 245. The quantitative estimate of drug-likeness (QED) is 0.345. The summed E-state index contributed by atoms with van der Waals surface area (Å²) in [6, 6.07) is 0. The lowest BCUT2D eigenvalue weighted by Crippen LogP contribution is -2.48. The maximum Gasteiger partial charge on any atom is 0.240 e. The molecule has 0 aromatic rings. The summed E-state index contributed by atoms with van der Waals surface area (Å²) in [4.78, 5) is 21.6. The number of hydrogen-bond acceptors (Lipinski definition) is 4. The summed E-state index contributed by atoms with van der Waals surface area (Å²) in [6.45, 7) is 4.11. The van der Waals surface area contributed by atoms with Gasteiger partial charge in [-0.15, -0.1) is 0 Å². The highest BCUT2D eigenvalue weighted by Crippen LogP contribution is 1.81. The first-order valence-corrected chi connectivity index (χ1v) is 4.91. The topological polar surface area (TPSA) is 79.5 Å². The van der Waals surface area contributed by atoms with Gasteiger partial charge in [-0.1, -0.05) is 0 Å². The van der Waals surface area contributed by atoms with E-state index in [4.69, 9.17) is 17.0 Å². The largest absolute Gasteiger partial charge is 0.381 e. The average molecular weight is 233 g/mol. The van der Waals surface area contributed by atoms with Crippen LogP contribution in [0, 0.1) is 0 Å². The van der Waals surface area contributed by atoms with Crippen molar-refractivity contribution in [1.82, 2.24) is 16.2 Å². The second-order valence-corrected chi connectivity index (χ2v) is 3.04. The van der Waals surface area contributed by atoms with Crippen LogP contribution >= 0.6 is 12.2 Å². The van der Waals surface area contributed by atoms with Crippen LogP contribution in [0.3, 0.4) is 0 Å². The Morgan fingerprint density at radius 1 is 1.33 bits per heavy atom. The second kappa shape index (κ2) is 8.13. The highest BCUT2D eigenvalue weighted by atomic mass is 32.1. The fourth-order valence-corrected chi connectivity index (χ4v) is 0.884. The zero-order valence-corrected chi connectivity index (χ0v) is 9.57. The van der Waals surface area contributed by atoms with Gasteiger partial charge in [-0.05, 0) is 19.1 Å². The molecule has 0 radical (unpaired) electrons. The van der Waals surface area contributed by atoms with Crippen LogP contribution in [-0.4, -0.2) is 30.1 Å². The monoisotopic (exact) mass is 233 g/mol. The van der Waals surface area contributed by atoms with Gasteiger partial charge in [0.25, 0.3) is 0 Å². The highest BCUT2D eigenvalue weighted by molar-refractivity contribution is 7.80. The zero-order valence-electron chi connectivity index (χ0n) is 8.75. The number of amides is 2. The van der Waals surface area contributed by atoms with Crippen molar-refractivity contribution in [3.63, 3.8) is 0 Å². The van der Waals surface area contributed by atoms with Crippen molar-refractivity contribution in [2.45, 2.75) is 20.3 Å². The summed E-state index contributed by atoms with van der Waals surface area (Å²) in [7, 11) is 0. The number of hydrazine groups is 1. The Morgan fingerprint density at radius 3 is 2.53 bits per heavy atom. The minimum Gasteiger partial charge on any atom is -0.381 e. The molecule has 3 N–H and O–H groups in total. The molecule has 0 saturated heterocycles. The maximum atomic E-state index is 11.1. The Balaban J connectivity index is 3.53. The number of rotatable bonds is 4. The van der Waals surface area contributed by atoms with Crippen LogP contribution in [0.2, 0.25) is 0 Å². The van der Waals surface area contributed by atoms with Crippen LogP contribution in [-0.2, 0) is 14.3 Å². The van der Waals surface area contributed by atoms with Gasteiger partial charge < -0.3 is 10.1 Å². The van der Waals surface area contributed by atoms with Gasteiger partial charge in [0.2, 0.25) is 11.8 Å². The fraction of sp³-hybridized carbons (Fsp3) is 0.625. The van der Waals surface area contributed by atoms with E-state index < -0.39 is 0 Å². The van der Waals surface area contributed by atoms with Gasteiger partial charge in [-0.3, -0.25) is 20.4 Å². The second-order valence-electron chi connectivity index (χ2n) is 2.63. The molecule has 0 aliphatic rings. The predicted molar refractivity (Wildman–Crippen MR) is 58.8 cm³/mol. The van der Waals surface area contributed by atoms with Gasteiger partial charge in [-0.2, -0.15) is 0 Å². The van der Waals surface area contributed by atoms with Crippen molar-refractivity contribution >= 4 is 29.1 Å². The SMILES string of the molecule is CCOCCC(=O)NNC(=S)NC(C)=O. The summed E-state index contributed by atoms with van der Waals surface area (Å²) in [5, 5.41) is 2.36. The molecule has 0 rings (SSSR count). The first-order valence-electron chi connectivity index (χ1n) is 4.50. The van der Waals surface area contributed by atoms with Crippen LogP contribution in [0.15, 0.2) is 0 Å². The number of carbonyl (C=O) groups excluding carboxylic acids is 2. The molecule has 0 fully saturated rings. The lowest BCUT2D eigenvalue weighted by molar-refractivity contribution is -0.123. The smallest absolute Gasteiger partial charge is 0.240 e. The lowest BCUT2D eigenvalue weighted by atomic mass is 10.4. The van der Waals surface area contributed by atoms with E-state index >= 15 is 0 Å². The molecule has 0 aromatic heterocycles. The summed E-state index contributed by atoms with van der Waals surface area (Å²) in [5.41, 5.74) is 4.71. The number of thiocarbonyl (C=S) groups is 1. The van der Waals surface area contributed by atoms with E-state index in [0.29, 0.717) is 13.2 Å². The third kappa shape index (κ3) is 9.10. The molecule has 0 aliphatic carbocycles. The molecule has 0 aromatic carbocycles. The van der Waals surface area contributed by atoms with Gasteiger partial charge in [-0.25, -0.2) is 0 Å². The van der Waals surface area contributed by atoms with E-state index in [-0.39, 0.29) is 23.3 Å². The zero-order chi connectivity index (χ0) is 11.7. The number of ether oxygens (including phenoxy) is 1. The van der Waals surface area contributed by atoms with Gasteiger partial charge in [0.1, 0.15) is 0 Å². The third-order valence-corrected chi connectivity index (χ3v) is 1.49. The summed E-state index contributed by atoms with van der Waals surface area (Å²) >= 11 is 4.70. The molecule has 2 amide bonds. The Morgan fingerprint density at radius 2 is 2.00 bits per heavy atom. The summed E-state index contributed by atoms with van der Waals surface area (Å²) < 4.78 is 4.98. The van der Waals surface area contributed by atoms with Crippen molar-refractivity contribution in [3.8, 4) is 0 Å². The molecule has 0 heterocycles. The van der Waals surface area contributed by atoms with E-state index in [2.05, 4.69) is 16.2 Å². The first kappa shape index (κ1) is 13.8. The van der Waals surface area contributed by atoms with Crippen LogP contribution in [0.5, 0.6) is 0 Å². The van der Waals surface area contributed by atoms with Crippen LogP contribution in [0.25, 0.3) is 0 Å². The van der Waals surface area contributed by atoms with E-state index in [1.165, 1.54) is 6.92 Å². The predicted octanol–water partition coefficient (Wildman–Crippen LogP) is -0.545. The van der Waals surface area contributed by atoms with Gasteiger partial charge in [0.05, 0.1) is 13.0 Å². The van der Waals surface area contributed by atoms with Crippen molar-refractivity contribution in [2.75, 3.05) is 13.2 Å². The summed E-state index contributed by atoms with van der Waals surface area (Å²) in [5.74, 6) is -0.549. The Labute approximate surface area is 93.7 Å². The molecule has 0 spiro atoms. The van der Waals surface area contributed by atoms with Crippen LogP contribution in [0.1, 0.15) is 20.3 Å². The first-order chi connectivity index (χ1) is 7.06. The van der Waals surface area contributed by atoms with Crippen molar-refractivity contribution in [1.29, 1.82) is 0 Å². The fourth-order valence-electron chi connectivity index (χ4n) is 0.689. The van der Waals surface area contributed by atoms with Crippen molar-refractivity contribution in [2.24, 2.45) is 0 Å². The Hall–Kier alpha value is -1.21. The van der Waals surface area contributed by atoms with Crippen LogP contribution in [0.4, 0.5) is 0 Å². The van der Waals surface area contributed by atoms with Gasteiger partial charge in [0, 0.05) is 13.5 Å². The Kier molecular flexibility index (Phi) is 7.47. The molecule has 7 heteroatoms. The normalized spacial score (nSPS) is 9.20. The average Bonchev–Trinajstić information content (AvgIpc) is 2.14. The molecule has 6 nitrogen and oxygen atoms in total. The van der Waals surface area contributed by atoms with Gasteiger partial charge in [0.15, 0.2) is 5.11 Å². The number of carbonyl (C=O) groups is 2. The summed E-state index contributed by atoms with van der Waals surface area (Å²) in [6.07, 6.45) is 0.240. The molecule has 0 saturated carbocycles. The molecule has 0 unspecified atom stereocenters. The molecule has 0 aliphatic heterocycles. The van der Waals surface area contributed by atoms with E-state index in [1.54, 1.807) is 0 Å². The molecular weight excluding hydrogens is 218 g/mol. The minimum absolute atomic E-state index is 0.0623. The van der Waals surface area contributed by atoms with Crippen LogP contribution < -0.4 is 16.2 Å².